The molecule has 0 saturated carbocycles. The van der Waals surface area contributed by atoms with Gasteiger partial charge in [0.1, 0.15) is 0 Å². The molecule has 0 amide bonds. The topological polar surface area (TPSA) is 72.2 Å². The number of hydrogen-bond donors (Lipinski definition) is 2. The maximum atomic E-state index is 12.2. The minimum atomic E-state index is -3.41. The predicted molar refractivity (Wildman–Crippen MR) is 79.7 cm³/mol. The number of rotatable bonds is 4. The maximum absolute atomic E-state index is 12.2. The number of benzene rings is 1. The number of hydrogen-bond acceptors (Lipinski definition) is 4. The fourth-order valence-corrected chi connectivity index (χ4v) is 4.52. The molecule has 1 aliphatic heterocycles. The number of thioether (sulfide) groups is 1. The Morgan fingerprint density at radius 1 is 1.37 bits per heavy atom. The zero-order valence-corrected chi connectivity index (χ0v) is 12.6. The molecular weight excluding hydrogens is 280 g/mol. The molecule has 1 aromatic rings. The van der Waals surface area contributed by atoms with Crippen LogP contribution in [0.5, 0.6) is 0 Å². The van der Waals surface area contributed by atoms with Crippen molar-refractivity contribution in [3.8, 4) is 0 Å². The zero-order valence-electron chi connectivity index (χ0n) is 11.0. The van der Waals surface area contributed by atoms with E-state index in [9.17, 15) is 8.42 Å². The number of sulfonamides is 1. The van der Waals surface area contributed by atoms with E-state index in [0.717, 1.165) is 29.9 Å². The zero-order chi connectivity index (χ0) is 13.9. The average molecular weight is 300 g/mol. The van der Waals surface area contributed by atoms with Crippen LogP contribution >= 0.6 is 11.8 Å². The van der Waals surface area contributed by atoms with Crippen LogP contribution in [0, 0.1) is 0 Å². The molecule has 0 aromatic heterocycles. The molecule has 3 N–H and O–H groups in total. The van der Waals surface area contributed by atoms with Gasteiger partial charge >= 0.3 is 0 Å². The van der Waals surface area contributed by atoms with E-state index in [0.29, 0.717) is 4.90 Å². The highest BCUT2D eigenvalue weighted by atomic mass is 32.2. The van der Waals surface area contributed by atoms with Crippen LogP contribution in [-0.2, 0) is 10.0 Å². The van der Waals surface area contributed by atoms with Crippen molar-refractivity contribution in [3.05, 3.63) is 29.8 Å². The molecule has 1 heterocycles. The lowest BCUT2D eigenvalue weighted by Crippen LogP contribution is -2.38. The highest BCUT2D eigenvalue weighted by molar-refractivity contribution is 7.99. The third-order valence-corrected chi connectivity index (χ3v) is 5.95. The maximum Gasteiger partial charge on any atom is 0.240 e. The molecule has 1 fully saturated rings. The van der Waals surface area contributed by atoms with E-state index in [2.05, 4.69) is 4.72 Å². The summed E-state index contributed by atoms with van der Waals surface area (Å²) in [6.07, 6.45) is 1.99. The van der Waals surface area contributed by atoms with Crippen LogP contribution in [-0.4, -0.2) is 26.0 Å². The SMILES string of the molecule is CC(N)c1ccc(S(=O)(=O)NC2CCCSC2)cc1. The van der Waals surface area contributed by atoms with Gasteiger partial charge in [-0.25, -0.2) is 13.1 Å². The molecule has 4 nitrogen and oxygen atoms in total. The third-order valence-electron chi connectivity index (χ3n) is 3.20. The summed E-state index contributed by atoms with van der Waals surface area (Å²) < 4.78 is 27.2. The van der Waals surface area contributed by atoms with Gasteiger partial charge in [-0.1, -0.05) is 12.1 Å². The van der Waals surface area contributed by atoms with Crippen molar-refractivity contribution < 1.29 is 8.42 Å². The van der Waals surface area contributed by atoms with Crippen LogP contribution < -0.4 is 10.5 Å². The first-order valence-electron chi connectivity index (χ1n) is 6.44. The lowest BCUT2D eigenvalue weighted by atomic mass is 10.1. The van der Waals surface area contributed by atoms with Gasteiger partial charge < -0.3 is 5.73 Å². The molecule has 0 bridgehead atoms. The summed E-state index contributed by atoms with van der Waals surface area (Å²) in [4.78, 5) is 0.312. The summed E-state index contributed by atoms with van der Waals surface area (Å²) in [5.74, 6) is 1.98. The van der Waals surface area contributed by atoms with Gasteiger partial charge in [-0.15, -0.1) is 0 Å². The normalized spacial score (nSPS) is 22.1. The summed E-state index contributed by atoms with van der Waals surface area (Å²) >= 11 is 1.80. The largest absolute Gasteiger partial charge is 0.324 e. The van der Waals surface area contributed by atoms with Crippen LogP contribution in [0.25, 0.3) is 0 Å². The van der Waals surface area contributed by atoms with Crippen LogP contribution in [0.2, 0.25) is 0 Å². The number of nitrogens with one attached hydrogen (secondary N) is 1. The van der Waals surface area contributed by atoms with Crippen LogP contribution in [0.15, 0.2) is 29.2 Å². The summed E-state index contributed by atoms with van der Waals surface area (Å²) in [6, 6.07) is 6.76. The van der Waals surface area contributed by atoms with Gasteiger partial charge in [0.25, 0.3) is 0 Å². The third kappa shape index (κ3) is 3.95. The molecule has 0 aliphatic carbocycles. The van der Waals surface area contributed by atoms with Gasteiger partial charge in [0.05, 0.1) is 4.90 Å². The summed E-state index contributed by atoms with van der Waals surface area (Å²) in [5.41, 5.74) is 6.69. The quantitative estimate of drug-likeness (QED) is 0.890. The summed E-state index contributed by atoms with van der Waals surface area (Å²) in [7, 11) is -3.41. The average Bonchev–Trinajstić information content (AvgIpc) is 2.39. The minimum Gasteiger partial charge on any atom is -0.324 e. The van der Waals surface area contributed by atoms with Crippen molar-refractivity contribution in [3.63, 3.8) is 0 Å². The summed E-state index contributed by atoms with van der Waals surface area (Å²) in [5, 5.41) is 0. The Balaban J connectivity index is 2.10. The Kier molecular flexibility index (Phi) is 4.89. The second-order valence-electron chi connectivity index (χ2n) is 4.89. The molecule has 1 aromatic carbocycles. The molecular formula is C13H20N2O2S2. The first-order valence-corrected chi connectivity index (χ1v) is 9.08. The van der Waals surface area contributed by atoms with Gasteiger partial charge in [-0.2, -0.15) is 11.8 Å². The fourth-order valence-electron chi connectivity index (χ4n) is 2.07. The molecule has 1 aliphatic rings. The molecule has 6 heteroatoms. The van der Waals surface area contributed by atoms with Gasteiger partial charge in [0.15, 0.2) is 0 Å². The Hall–Kier alpha value is -0.560. The lowest BCUT2D eigenvalue weighted by molar-refractivity contribution is 0.543. The van der Waals surface area contributed by atoms with E-state index in [1.165, 1.54) is 0 Å². The Labute approximate surface area is 119 Å². The fraction of sp³-hybridized carbons (Fsp3) is 0.538. The van der Waals surface area contributed by atoms with Crippen molar-refractivity contribution >= 4 is 21.8 Å². The second-order valence-corrected chi connectivity index (χ2v) is 7.76. The smallest absolute Gasteiger partial charge is 0.240 e. The molecule has 2 atom stereocenters. The van der Waals surface area contributed by atoms with E-state index < -0.39 is 10.0 Å². The second kappa shape index (κ2) is 6.26. The predicted octanol–water partition coefficient (Wildman–Crippen LogP) is 1.88. The van der Waals surface area contributed by atoms with Gasteiger partial charge in [0, 0.05) is 17.8 Å². The van der Waals surface area contributed by atoms with Gasteiger partial charge in [-0.05, 0) is 43.2 Å². The Bertz CT molecular complexity index is 506. The van der Waals surface area contributed by atoms with Crippen LogP contribution in [0.3, 0.4) is 0 Å². The lowest BCUT2D eigenvalue weighted by Gasteiger charge is -2.22. The molecule has 106 valence electrons. The molecule has 0 spiro atoms. The Morgan fingerprint density at radius 2 is 2.05 bits per heavy atom. The molecule has 1 saturated heterocycles. The molecule has 2 rings (SSSR count). The first kappa shape index (κ1) is 14.8. The molecule has 2 unspecified atom stereocenters. The van der Waals surface area contributed by atoms with Gasteiger partial charge in [0.2, 0.25) is 10.0 Å². The highest BCUT2D eigenvalue weighted by Crippen LogP contribution is 2.20. The Morgan fingerprint density at radius 3 is 2.58 bits per heavy atom. The van der Waals surface area contributed by atoms with Crippen molar-refractivity contribution in [2.75, 3.05) is 11.5 Å². The van der Waals surface area contributed by atoms with E-state index in [1.54, 1.807) is 36.0 Å². The van der Waals surface area contributed by atoms with Crippen molar-refractivity contribution in [1.82, 2.24) is 4.72 Å². The van der Waals surface area contributed by atoms with Crippen LogP contribution in [0.4, 0.5) is 0 Å². The van der Waals surface area contributed by atoms with Crippen molar-refractivity contribution in [2.45, 2.75) is 36.7 Å². The van der Waals surface area contributed by atoms with Gasteiger partial charge in [-0.3, -0.25) is 0 Å². The minimum absolute atomic E-state index is 0.0526. The first-order chi connectivity index (χ1) is 8.99. The van der Waals surface area contributed by atoms with Crippen molar-refractivity contribution in [1.29, 1.82) is 0 Å². The van der Waals surface area contributed by atoms with E-state index in [1.807, 2.05) is 6.92 Å². The standard InChI is InChI=1S/C13H20N2O2S2/c1-10(14)11-4-6-13(7-5-11)19(16,17)15-12-3-2-8-18-9-12/h4-7,10,12,15H,2-3,8-9,14H2,1H3. The van der Waals surface area contributed by atoms with E-state index in [4.69, 9.17) is 5.73 Å². The van der Waals surface area contributed by atoms with Crippen LogP contribution in [0.1, 0.15) is 31.4 Å². The molecule has 19 heavy (non-hydrogen) atoms. The highest BCUT2D eigenvalue weighted by Gasteiger charge is 2.21. The van der Waals surface area contributed by atoms with E-state index in [-0.39, 0.29) is 12.1 Å². The van der Waals surface area contributed by atoms with Crippen molar-refractivity contribution in [2.24, 2.45) is 5.73 Å². The van der Waals surface area contributed by atoms with E-state index >= 15 is 0 Å². The number of nitrogens with two attached hydrogens (primary N) is 1. The monoisotopic (exact) mass is 300 g/mol. The molecule has 0 radical (unpaired) electrons. The summed E-state index contributed by atoms with van der Waals surface area (Å²) in [6.45, 7) is 1.88.